The molecule has 136 valence electrons. The molecule has 6 nitrogen and oxygen atoms in total. The second-order valence-corrected chi connectivity index (χ2v) is 8.16. The highest BCUT2D eigenvalue weighted by Gasteiger charge is 2.55. The van der Waals surface area contributed by atoms with Crippen LogP contribution in [0.15, 0.2) is 24.3 Å². The predicted octanol–water partition coefficient (Wildman–Crippen LogP) is 3.24. The maximum absolute atomic E-state index is 12.7. The highest BCUT2D eigenvalue weighted by molar-refractivity contribution is 7.16. The lowest BCUT2D eigenvalue weighted by molar-refractivity contribution is -0.147. The van der Waals surface area contributed by atoms with Gasteiger partial charge in [0, 0.05) is 10.4 Å². The summed E-state index contributed by atoms with van der Waals surface area (Å²) in [5, 5.41) is 12.8. The molecule has 2 N–H and O–H groups in total. The van der Waals surface area contributed by atoms with Crippen molar-refractivity contribution in [3.8, 4) is 11.3 Å². The molecule has 3 heterocycles. The number of anilines is 1. The number of rotatable bonds is 4. The number of benzene rings is 1. The molecule has 1 aromatic carbocycles. The fourth-order valence-electron chi connectivity index (χ4n) is 3.94. The molecule has 0 spiro atoms. The average molecular weight is 372 g/mol. The first-order chi connectivity index (χ1) is 12.4. The largest absolute Gasteiger partial charge is 0.481 e. The van der Waals surface area contributed by atoms with Gasteiger partial charge in [0.1, 0.15) is 0 Å². The molecule has 0 saturated carbocycles. The number of aromatic nitrogens is 1. The van der Waals surface area contributed by atoms with Gasteiger partial charge in [-0.2, -0.15) is 0 Å². The first kappa shape index (κ1) is 17.2. The lowest BCUT2D eigenvalue weighted by Gasteiger charge is -2.23. The highest BCUT2D eigenvalue weighted by Crippen LogP contribution is 2.44. The standard InChI is InChI=1S/C19H20N2O4S/c1-9-3-5-11(6-4-9)16-10(2)26-19(20-16)21-17(22)14-12-7-8-13(25-12)15(14)18(23)24/h3-6,12-15H,7-8H2,1-2H3,(H,23,24)(H,20,21,22)/t12-,13-,14+,15+/m1/s1. The van der Waals surface area contributed by atoms with E-state index in [0.717, 1.165) is 22.6 Å². The summed E-state index contributed by atoms with van der Waals surface area (Å²) < 4.78 is 5.67. The number of carboxylic acid groups (broad SMARTS) is 1. The van der Waals surface area contributed by atoms with E-state index in [1.807, 2.05) is 38.1 Å². The molecule has 2 aromatic rings. The number of aryl methyl sites for hydroxylation is 2. The van der Waals surface area contributed by atoms with E-state index in [1.54, 1.807) is 0 Å². The van der Waals surface area contributed by atoms with Crippen LogP contribution in [0.3, 0.4) is 0 Å². The van der Waals surface area contributed by atoms with Crippen LogP contribution in [-0.2, 0) is 14.3 Å². The van der Waals surface area contributed by atoms with Gasteiger partial charge in [0.25, 0.3) is 0 Å². The first-order valence-electron chi connectivity index (χ1n) is 8.67. The van der Waals surface area contributed by atoms with Gasteiger partial charge in [0.2, 0.25) is 5.91 Å². The first-order valence-corrected chi connectivity index (χ1v) is 9.49. The molecule has 4 atom stereocenters. The van der Waals surface area contributed by atoms with Crippen molar-refractivity contribution in [2.24, 2.45) is 11.8 Å². The minimum Gasteiger partial charge on any atom is -0.481 e. The summed E-state index contributed by atoms with van der Waals surface area (Å²) in [6.07, 6.45) is 0.783. The topological polar surface area (TPSA) is 88.5 Å². The second kappa shape index (κ2) is 6.48. The van der Waals surface area contributed by atoms with Crippen LogP contribution in [0.1, 0.15) is 23.3 Å². The number of amides is 1. The van der Waals surface area contributed by atoms with E-state index in [1.165, 1.54) is 16.9 Å². The number of carboxylic acids is 1. The summed E-state index contributed by atoms with van der Waals surface area (Å²) >= 11 is 1.40. The molecule has 0 unspecified atom stereocenters. The zero-order valence-corrected chi connectivity index (χ0v) is 15.4. The number of thiazole rings is 1. The van der Waals surface area contributed by atoms with Crippen LogP contribution in [-0.4, -0.2) is 34.2 Å². The Morgan fingerprint density at radius 2 is 1.81 bits per heavy atom. The lowest BCUT2D eigenvalue weighted by Crippen LogP contribution is -2.40. The number of nitrogens with one attached hydrogen (secondary N) is 1. The van der Waals surface area contributed by atoms with Crippen LogP contribution in [0.2, 0.25) is 0 Å². The summed E-state index contributed by atoms with van der Waals surface area (Å²) in [7, 11) is 0. The molecular weight excluding hydrogens is 352 g/mol. The summed E-state index contributed by atoms with van der Waals surface area (Å²) in [5.74, 6) is -2.70. The van der Waals surface area contributed by atoms with Gasteiger partial charge in [0.15, 0.2) is 5.13 Å². The van der Waals surface area contributed by atoms with E-state index in [2.05, 4.69) is 10.3 Å². The average Bonchev–Trinajstić information content (AvgIpc) is 3.29. The zero-order chi connectivity index (χ0) is 18.4. The van der Waals surface area contributed by atoms with Gasteiger partial charge in [-0.05, 0) is 26.7 Å². The molecule has 0 radical (unpaired) electrons. The lowest BCUT2D eigenvalue weighted by atomic mass is 9.79. The number of hydrogen-bond donors (Lipinski definition) is 2. The third-order valence-electron chi connectivity index (χ3n) is 5.21. The van der Waals surface area contributed by atoms with E-state index < -0.39 is 17.8 Å². The molecule has 2 saturated heterocycles. The Kier molecular flexibility index (Phi) is 4.28. The SMILES string of the molecule is Cc1ccc(-c2nc(NC(=O)[C@@H]3[C@@H](C(=O)O)[C@H]4CC[C@H]3O4)sc2C)cc1. The van der Waals surface area contributed by atoms with Gasteiger partial charge in [0.05, 0.1) is 29.7 Å². The zero-order valence-electron chi connectivity index (χ0n) is 14.6. The van der Waals surface area contributed by atoms with E-state index >= 15 is 0 Å². The van der Waals surface area contributed by atoms with E-state index in [-0.39, 0.29) is 18.1 Å². The van der Waals surface area contributed by atoms with Gasteiger partial charge in [-0.25, -0.2) is 4.98 Å². The molecule has 2 bridgehead atoms. The number of carbonyl (C=O) groups is 2. The minimum absolute atomic E-state index is 0.307. The van der Waals surface area contributed by atoms with Crippen LogP contribution in [0.4, 0.5) is 5.13 Å². The van der Waals surface area contributed by atoms with Crippen molar-refractivity contribution < 1.29 is 19.4 Å². The van der Waals surface area contributed by atoms with Crippen molar-refractivity contribution in [3.05, 3.63) is 34.7 Å². The van der Waals surface area contributed by atoms with Gasteiger partial charge in [-0.1, -0.05) is 29.8 Å². The Hall–Kier alpha value is -2.25. The van der Waals surface area contributed by atoms with Crippen LogP contribution in [0.5, 0.6) is 0 Å². The van der Waals surface area contributed by atoms with E-state index in [4.69, 9.17) is 4.74 Å². The third kappa shape index (κ3) is 2.91. The van der Waals surface area contributed by atoms with Crippen molar-refractivity contribution in [3.63, 3.8) is 0 Å². The molecule has 26 heavy (non-hydrogen) atoms. The van der Waals surface area contributed by atoms with Crippen LogP contribution < -0.4 is 5.32 Å². The normalized spacial score (nSPS) is 26.8. The van der Waals surface area contributed by atoms with Gasteiger partial charge < -0.3 is 15.2 Å². The number of nitrogens with zero attached hydrogens (tertiary/aromatic N) is 1. The molecular formula is C19H20N2O4S. The van der Waals surface area contributed by atoms with Crippen molar-refractivity contribution >= 4 is 28.3 Å². The summed E-state index contributed by atoms with van der Waals surface area (Å²) in [6, 6.07) is 8.06. The van der Waals surface area contributed by atoms with Crippen LogP contribution in [0.25, 0.3) is 11.3 Å². The van der Waals surface area contributed by atoms with Crippen molar-refractivity contribution in [2.75, 3.05) is 5.32 Å². The smallest absolute Gasteiger partial charge is 0.310 e. The molecule has 4 rings (SSSR count). The molecule has 2 aliphatic rings. The number of hydrogen-bond acceptors (Lipinski definition) is 5. The molecule has 7 heteroatoms. The van der Waals surface area contributed by atoms with Gasteiger partial charge in [-0.15, -0.1) is 11.3 Å². The number of ether oxygens (including phenoxy) is 1. The van der Waals surface area contributed by atoms with Crippen LogP contribution >= 0.6 is 11.3 Å². The Bertz CT molecular complexity index is 861. The maximum Gasteiger partial charge on any atom is 0.310 e. The fourth-order valence-corrected chi connectivity index (χ4v) is 4.78. The number of fused-ring (bicyclic) bond motifs is 2. The summed E-state index contributed by atoms with van der Waals surface area (Å²) in [6.45, 7) is 3.99. The molecule has 2 fully saturated rings. The Morgan fingerprint density at radius 1 is 1.15 bits per heavy atom. The van der Waals surface area contributed by atoms with Gasteiger partial charge in [-0.3, -0.25) is 9.59 Å². The van der Waals surface area contributed by atoms with Gasteiger partial charge >= 0.3 is 5.97 Å². The van der Waals surface area contributed by atoms with Crippen molar-refractivity contribution in [2.45, 2.75) is 38.9 Å². The Balaban J connectivity index is 1.54. The quantitative estimate of drug-likeness (QED) is 0.860. The fraction of sp³-hybridized carbons (Fsp3) is 0.421. The highest BCUT2D eigenvalue weighted by atomic mass is 32.1. The van der Waals surface area contributed by atoms with Crippen LogP contribution in [0, 0.1) is 25.7 Å². The summed E-state index contributed by atoms with van der Waals surface area (Å²) in [5.41, 5.74) is 3.01. The number of aliphatic carboxylic acids is 1. The van der Waals surface area contributed by atoms with Crippen molar-refractivity contribution in [1.82, 2.24) is 4.98 Å². The number of carbonyl (C=O) groups excluding carboxylic acids is 1. The molecule has 1 amide bonds. The Morgan fingerprint density at radius 3 is 2.46 bits per heavy atom. The minimum atomic E-state index is -0.965. The second-order valence-electron chi connectivity index (χ2n) is 6.96. The van der Waals surface area contributed by atoms with Crippen molar-refractivity contribution in [1.29, 1.82) is 0 Å². The monoisotopic (exact) mass is 372 g/mol. The Labute approximate surface area is 155 Å². The van der Waals surface area contributed by atoms with E-state index in [9.17, 15) is 14.7 Å². The molecule has 1 aromatic heterocycles. The molecule has 2 aliphatic heterocycles. The molecule has 0 aliphatic carbocycles. The summed E-state index contributed by atoms with van der Waals surface area (Å²) in [4.78, 5) is 29.8. The maximum atomic E-state index is 12.7. The third-order valence-corrected chi connectivity index (χ3v) is 6.10. The van der Waals surface area contributed by atoms with E-state index in [0.29, 0.717) is 11.6 Å². The predicted molar refractivity (Wildman–Crippen MR) is 98.2 cm³/mol.